The van der Waals surface area contributed by atoms with Crippen LogP contribution in [0, 0.1) is 25.2 Å². The molecule has 0 atom stereocenters. The van der Waals surface area contributed by atoms with Crippen LogP contribution >= 0.6 is 0 Å². The lowest BCUT2D eigenvalue weighted by Gasteiger charge is -2.13. The lowest BCUT2D eigenvalue weighted by Crippen LogP contribution is -2.16. The number of carbonyl (C=O) groups is 2. The zero-order valence-electron chi connectivity index (χ0n) is 22.6. The fourth-order valence-corrected chi connectivity index (χ4v) is 5.15. The van der Waals surface area contributed by atoms with Gasteiger partial charge in [-0.1, -0.05) is 30.3 Å². The van der Waals surface area contributed by atoms with E-state index in [4.69, 9.17) is 9.15 Å². The summed E-state index contributed by atoms with van der Waals surface area (Å²) in [6.45, 7) is 5.65. The first-order valence-corrected chi connectivity index (χ1v) is 14.1. The van der Waals surface area contributed by atoms with Crippen molar-refractivity contribution in [1.29, 1.82) is 5.26 Å². The minimum Gasteiger partial charge on any atom is -0.462 e. The van der Waals surface area contributed by atoms with Crippen LogP contribution in [0.3, 0.4) is 0 Å². The molecule has 1 heterocycles. The number of furan rings is 1. The highest BCUT2D eigenvalue weighted by Gasteiger charge is 2.18. The topological polar surface area (TPSA) is 138 Å². The molecule has 4 rings (SSSR count). The first-order chi connectivity index (χ1) is 19.6. The standard InChI is InChI=1S/C31H27N3O6S/c1-4-39-31(36)23-10-8-22(9-11-23)28-17-14-26(40-28)18-24(19-32)30(35)33-25-12-15-27(16-13-25)41(37,38)34-29-20(2)6-5-7-21(29)3/h5-18,34H,4H2,1-3H3,(H,33,35). The summed E-state index contributed by atoms with van der Waals surface area (Å²) in [6.07, 6.45) is 1.30. The Hall–Kier alpha value is -5.14. The number of benzene rings is 3. The third kappa shape index (κ3) is 6.90. The molecule has 0 aliphatic carbocycles. The summed E-state index contributed by atoms with van der Waals surface area (Å²) in [4.78, 5) is 24.6. The molecule has 0 aliphatic rings. The Morgan fingerprint density at radius 1 is 0.951 bits per heavy atom. The molecule has 1 aromatic heterocycles. The van der Waals surface area contributed by atoms with Gasteiger partial charge in [-0.25, -0.2) is 13.2 Å². The normalized spacial score (nSPS) is 11.4. The predicted molar refractivity (Wildman–Crippen MR) is 155 cm³/mol. The van der Waals surface area contributed by atoms with E-state index in [1.807, 2.05) is 38.1 Å². The fourth-order valence-electron chi connectivity index (χ4n) is 3.95. The fraction of sp³-hybridized carbons (Fsp3) is 0.129. The van der Waals surface area contributed by atoms with E-state index in [1.54, 1.807) is 43.3 Å². The number of nitrogens with zero attached hydrogens (tertiary/aromatic N) is 1. The summed E-state index contributed by atoms with van der Waals surface area (Å²) in [6, 6.07) is 22.9. The summed E-state index contributed by atoms with van der Waals surface area (Å²) in [7, 11) is -3.86. The second-order valence-corrected chi connectivity index (χ2v) is 10.7. The number of rotatable bonds is 9. The molecule has 0 spiro atoms. The van der Waals surface area contributed by atoms with E-state index in [9.17, 15) is 23.3 Å². The zero-order chi connectivity index (χ0) is 29.6. The maximum Gasteiger partial charge on any atom is 0.338 e. The van der Waals surface area contributed by atoms with Crippen molar-refractivity contribution < 1.29 is 27.2 Å². The molecule has 208 valence electrons. The molecule has 4 aromatic rings. The van der Waals surface area contributed by atoms with Gasteiger partial charge in [-0.05, 0) is 80.4 Å². The summed E-state index contributed by atoms with van der Waals surface area (Å²) in [5.74, 6) is -0.346. The average molecular weight is 570 g/mol. The Morgan fingerprint density at radius 3 is 2.22 bits per heavy atom. The van der Waals surface area contributed by atoms with E-state index in [0.29, 0.717) is 28.3 Å². The second kappa shape index (κ2) is 12.4. The van der Waals surface area contributed by atoms with Gasteiger partial charge in [0.2, 0.25) is 0 Å². The molecule has 0 saturated carbocycles. The molecule has 3 aromatic carbocycles. The highest BCUT2D eigenvalue weighted by Crippen LogP contribution is 2.26. The van der Waals surface area contributed by atoms with Crippen LogP contribution in [0.25, 0.3) is 17.4 Å². The van der Waals surface area contributed by atoms with Crippen LogP contribution in [-0.4, -0.2) is 26.9 Å². The first kappa shape index (κ1) is 28.9. The molecular formula is C31H27N3O6S. The number of hydrogen-bond donors (Lipinski definition) is 2. The maximum atomic E-state index is 12.9. The molecule has 0 saturated heterocycles. The Labute approximate surface area is 238 Å². The Kier molecular flexibility index (Phi) is 8.70. The monoisotopic (exact) mass is 569 g/mol. The molecule has 0 unspecified atom stereocenters. The van der Waals surface area contributed by atoms with Crippen LogP contribution in [0.2, 0.25) is 0 Å². The van der Waals surface area contributed by atoms with Crippen molar-refractivity contribution in [2.45, 2.75) is 25.7 Å². The number of para-hydroxylation sites is 1. The summed E-state index contributed by atoms with van der Waals surface area (Å²) in [5.41, 5.74) is 3.31. The van der Waals surface area contributed by atoms with Crippen molar-refractivity contribution in [2.24, 2.45) is 0 Å². The number of carbonyl (C=O) groups excluding carboxylic acids is 2. The summed E-state index contributed by atoms with van der Waals surface area (Å²) < 4.78 is 39.2. The van der Waals surface area contributed by atoms with Crippen LogP contribution in [-0.2, 0) is 19.6 Å². The number of sulfonamides is 1. The maximum absolute atomic E-state index is 12.9. The van der Waals surface area contributed by atoms with Gasteiger partial charge in [0.05, 0.1) is 22.8 Å². The minimum atomic E-state index is -3.86. The number of nitriles is 1. The van der Waals surface area contributed by atoms with Crippen molar-refractivity contribution in [1.82, 2.24) is 0 Å². The van der Waals surface area contributed by atoms with Gasteiger partial charge in [0, 0.05) is 17.3 Å². The van der Waals surface area contributed by atoms with Gasteiger partial charge in [-0.3, -0.25) is 9.52 Å². The van der Waals surface area contributed by atoms with Gasteiger partial charge < -0.3 is 14.5 Å². The number of nitrogens with one attached hydrogen (secondary N) is 2. The van der Waals surface area contributed by atoms with Crippen LogP contribution in [0.15, 0.2) is 93.7 Å². The number of anilines is 2. The number of hydrogen-bond acceptors (Lipinski definition) is 7. The third-order valence-corrected chi connectivity index (χ3v) is 7.46. The van der Waals surface area contributed by atoms with Crippen molar-refractivity contribution in [3.8, 4) is 17.4 Å². The lowest BCUT2D eigenvalue weighted by molar-refractivity contribution is -0.112. The Balaban J connectivity index is 1.44. The van der Waals surface area contributed by atoms with Gasteiger partial charge in [-0.2, -0.15) is 5.26 Å². The molecular weight excluding hydrogens is 542 g/mol. The average Bonchev–Trinajstić information content (AvgIpc) is 3.43. The van der Waals surface area contributed by atoms with Crippen LogP contribution in [0.4, 0.5) is 11.4 Å². The molecule has 0 aliphatic heterocycles. The van der Waals surface area contributed by atoms with Crippen molar-refractivity contribution in [3.05, 3.63) is 107 Å². The number of ether oxygens (including phenoxy) is 1. The van der Waals surface area contributed by atoms with Gasteiger partial charge in [0.25, 0.3) is 15.9 Å². The van der Waals surface area contributed by atoms with Gasteiger partial charge in [0.1, 0.15) is 23.2 Å². The van der Waals surface area contributed by atoms with E-state index < -0.39 is 21.9 Å². The smallest absolute Gasteiger partial charge is 0.338 e. The van der Waals surface area contributed by atoms with E-state index in [2.05, 4.69) is 10.0 Å². The third-order valence-electron chi connectivity index (χ3n) is 6.10. The van der Waals surface area contributed by atoms with Gasteiger partial charge >= 0.3 is 5.97 Å². The van der Waals surface area contributed by atoms with E-state index >= 15 is 0 Å². The Bertz CT molecular complexity index is 1740. The minimum absolute atomic E-state index is 0.0209. The van der Waals surface area contributed by atoms with Gasteiger partial charge in [0.15, 0.2) is 0 Å². The predicted octanol–water partition coefficient (Wildman–Crippen LogP) is 6.09. The largest absolute Gasteiger partial charge is 0.462 e. The lowest BCUT2D eigenvalue weighted by atomic mass is 10.1. The molecule has 10 heteroatoms. The zero-order valence-corrected chi connectivity index (χ0v) is 23.4. The van der Waals surface area contributed by atoms with Crippen LogP contribution in [0.1, 0.15) is 34.2 Å². The summed E-state index contributed by atoms with van der Waals surface area (Å²) in [5, 5.41) is 12.2. The number of esters is 1. The first-order valence-electron chi connectivity index (χ1n) is 12.6. The van der Waals surface area contributed by atoms with Gasteiger partial charge in [-0.15, -0.1) is 0 Å². The summed E-state index contributed by atoms with van der Waals surface area (Å²) >= 11 is 0. The van der Waals surface area contributed by atoms with E-state index in [0.717, 1.165) is 11.1 Å². The number of aryl methyl sites for hydroxylation is 2. The molecule has 0 fully saturated rings. The van der Waals surface area contributed by atoms with Crippen LogP contribution < -0.4 is 10.0 Å². The van der Waals surface area contributed by atoms with E-state index in [1.165, 1.54) is 30.3 Å². The second-order valence-electron chi connectivity index (χ2n) is 9.02. The van der Waals surface area contributed by atoms with Crippen molar-refractivity contribution in [3.63, 3.8) is 0 Å². The van der Waals surface area contributed by atoms with Crippen molar-refractivity contribution >= 4 is 39.4 Å². The highest BCUT2D eigenvalue weighted by atomic mass is 32.2. The Morgan fingerprint density at radius 2 is 1.61 bits per heavy atom. The quantitative estimate of drug-likeness (QED) is 0.141. The molecule has 0 radical (unpaired) electrons. The van der Waals surface area contributed by atoms with Crippen molar-refractivity contribution in [2.75, 3.05) is 16.6 Å². The highest BCUT2D eigenvalue weighted by molar-refractivity contribution is 7.92. The van der Waals surface area contributed by atoms with Crippen LogP contribution in [0.5, 0.6) is 0 Å². The number of amides is 1. The molecule has 1 amide bonds. The SMILES string of the molecule is CCOC(=O)c1ccc(-c2ccc(C=C(C#N)C(=O)Nc3ccc(S(=O)(=O)Nc4c(C)cccc4C)cc3)o2)cc1. The molecule has 41 heavy (non-hydrogen) atoms. The molecule has 9 nitrogen and oxygen atoms in total. The van der Waals surface area contributed by atoms with E-state index in [-0.39, 0.29) is 22.8 Å². The molecule has 0 bridgehead atoms. The molecule has 2 N–H and O–H groups in total.